The van der Waals surface area contributed by atoms with E-state index in [1.165, 1.54) is 5.56 Å². The molecular formula is C16H16BrClO. The smallest absolute Gasteiger partial charge is 0.115 e. The Hall–Kier alpha value is -0.990. The molecule has 0 aliphatic heterocycles. The number of phenolic OH excluding ortho intramolecular Hbond substituents is 1. The van der Waals surface area contributed by atoms with E-state index in [4.69, 9.17) is 11.6 Å². The maximum absolute atomic E-state index is 9.49. The molecule has 0 radical (unpaired) electrons. The third-order valence-corrected chi connectivity index (χ3v) is 4.00. The summed E-state index contributed by atoms with van der Waals surface area (Å²) < 4.78 is 1.09. The average molecular weight is 340 g/mol. The van der Waals surface area contributed by atoms with Crippen molar-refractivity contribution >= 4 is 27.5 Å². The Kier molecular flexibility index (Phi) is 5.29. The standard InChI is InChI=1S/C16H16BrClO/c17-15-5-1-3-12(9-15)7-14(11-18)8-13-4-2-6-16(19)10-13/h1-6,9-10,14,19H,7-8,11H2. The Morgan fingerprint density at radius 3 is 2.21 bits per heavy atom. The molecule has 100 valence electrons. The van der Waals surface area contributed by atoms with Crippen molar-refractivity contribution in [2.24, 2.45) is 5.92 Å². The normalized spacial score (nSPS) is 12.3. The Morgan fingerprint density at radius 1 is 1.00 bits per heavy atom. The molecular weight excluding hydrogens is 324 g/mol. The number of alkyl halides is 1. The zero-order valence-corrected chi connectivity index (χ0v) is 12.9. The maximum Gasteiger partial charge on any atom is 0.115 e. The summed E-state index contributed by atoms with van der Waals surface area (Å²) in [5.41, 5.74) is 2.40. The molecule has 0 saturated heterocycles. The first-order chi connectivity index (χ1) is 9.17. The molecule has 2 aromatic carbocycles. The van der Waals surface area contributed by atoms with Crippen LogP contribution in [0.5, 0.6) is 5.75 Å². The molecule has 0 amide bonds. The van der Waals surface area contributed by atoms with E-state index >= 15 is 0 Å². The first kappa shape index (κ1) is 14.4. The predicted octanol–water partition coefficient (Wildman–Crippen LogP) is 4.79. The van der Waals surface area contributed by atoms with Crippen LogP contribution in [0.4, 0.5) is 0 Å². The zero-order valence-electron chi connectivity index (χ0n) is 10.5. The molecule has 1 atom stereocenters. The quantitative estimate of drug-likeness (QED) is 0.776. The number of aromatic hydroxyl groups is 1. The highest BCUT2D eigenvalue weighted by Crippen LogP contribution is 2.20. The summed E-state index contributed by atoms with van der Waals surface area (Å²) in [6, 6.07) is 15.7. The Morgan fingerprint density at radius 2 is 1.63 bits per heavy atom. The van der Waals surface area contributed by atoms with E-state index in [2.05, 4.69) is 28.1 Å². The largest absolute Gasteiger partial charge is 0.508 e. The van der Waals surface area contributed by atoms with Gasteiger partial charge in [-0.3, -0.25) is 0 Å². The van der Waals surface area contributed by atoms with Crippen LogP contribution < -0.4 is 0 Å². The van der Waals surface area contributed by atoms with Gasteiger partial charge in [-0.15, -0.1) is 11.6 Å². The molecule has 1 N–H and O–H groups in total. The first-order valence-corrected chi connectivity index (χ1v) is 7.58. The van der Waals surface area contributed by atoms with Crippen molar-refractivity contribution < 1.29 is 5.11 Å². The number of benzene rings is 2. The minimum absolute atomic E-state index is 0.313. The van der Waals surface area contributed by atoms with Crippen molar-refractivity contribution in [2.75, 3.05) is 5.88 Å². The Bertz CT molecular complexity index is 494. The maximum atomic E-state index is 9.49. The van der Waals surface area contributed by atoms with Gasteiger partial charge in [-0.25, -0.2) is 0 Å². The summed E-state index contributed by atoms with van der Waals surface area (Å²) in [4.78, 5) is 0. The van der Waals surface area contributed by atoms with Crippen LogP contribution in [0.15, 0.2) is 53.0 Å². The van der Waals surface area contributed by atoms with Crippen LogP contribution in [0.3, 0.4) is 0 Å². The van der Waals surface area contributed by atoms with Crippen molar-refractivity contribution in [3.63, 3.8) is 0 Å². The Labute approximate surface area is 127 Å². The van der Waals surface area contributed by atoms with Crippen LogP contribution in [-0.2, 0) is 12.8 Å². The molecule has 0 aliphatic carbocycles. The van der Waals surface area contributed by atoms with Gasteiger partial charge in [0, 0.05) is 10.4 Å². The van der Waals surface area contributed by atoms with Gasteiger partial charge in [-0.05, 0) is 54.2 Å². The molecule has 1 unspecified atom stereocenters. The van der Waals surface area contributed by atoms with Crippen LogP contribution >= 0.6 is 27.5 Å². The van der Waals surface area contributed by atoms with Crippen LogP contribution in [-0.4, -0.2) is 11.0 Å². The third-order valence-electron chi connectivity index (χ3n) is 3.07. The van der Waals surface area contributed by atoms with Gasteiger partial charge in [0.15, 0.2) is 0 Å². The monoisotopic (exact) mass is 338 g/mol. The van der Waals surface area contributed by atoms with E-state index in [0.717, 1.165) is 22.9 Å². The average Bonchev–Trinajstić information content (AvgIpc) is 2.38. The van der Waals surface area contributed by atoms with E-state index in [1.54, 1.807) is 12.1 Å². The second kappa shape index (κ2) is 6.97. The molecule has 19 heavy (non-hydrogen) atoms. The fourth-order valence-electron chi connectivity index (χ4n) is 2.20. The summed E-state index contributed by atoms with van der Waals surface area (Å²) in [5, 5.41) is 9.49. The number of halogens is 2. The van der Waals surface area contributed by atoms with Crippen LogP contribution in [0.25, 0.3) is 0 Å². The lowest BCUT2D eigenvalue weighted by Crippen LogP contribution is -2.10. The van der Waals surface area contributed by atoms with Gasteiger partial charge in [0.05, 0.1) is 0 Å². The van der Waals surface area contributed by atoms with Gasteiger partial charge in [0.1, 0.15) is 5.75 Å². The number of phenols is 1. The SMILES string of the molecule is Oc1cccc(CC(CCl)Cc2cccc(Br)c2)c1. The van der Waals surface area contributed by atoms with Crippen molar-refractivity contribution in [3.8, 4) is 5.75 Å². The van der Waals surface area contributed by atoms with E-state index in [0.29, 0.717) is 17.5 Å². The molecule has 0 aromatic heterocycles. The van der Waals surface area contributed by atoms with E-state index in [1.807, 2.05) is 24.3 Å². The second-order valence-corrected chi connectivity index (χ2v) is 5.95. The van der Waals surface area contributed by atoms with Gasteiger partial charge < -0.3 is 5.11 Å². The van der Waals surface area contributed by atoms with Crippen molar-refractivity contribution in [2.45, 2.75) is 12.8 Å². The Balaban J connectivity index is 2.04. The zero-order chi connectivity index (χ0) is 13.7. The highest BCUT2D eigenvalue weighted by molar-refractivity contribution is 9.10. The van der Waals surface area contributed by atoms with Gasteiger partial charge in [-0.1, -0.05) is 40.2 Å². The topological polar surface area (TPSA) is 20.2 Å². The molecule has 2 rings (SSSR count). The molecule has 0 heterocycles. The number of hydrogen-bond acceptors (Lipinski definition) is 1. The number of rotatable bonds is 5. The molecule has 0 bridgehead atoms. The van der Waals surface area contributed by atoms with Crippen LogP contribution in [0.2, 0.25) is 0 Å². The summed E-state index contributed by atoms with van der Waals surface area (Å²) in [6.07, 6.45) is 1.82. The first-order valence-electron chi connectivity index (χ1n) is 6.25. The van der Waals surface area contributed by atoms with Crippen molar-refractivity contribution in [3.05, 3.63) is 64.1 Å². The highest BCUT2D eigenvalue weighted by atomic mass is 79.9. The predicted molar refractivity (Wildman–Crippen MR) is 83.9 cm³/mol. The molecule has 0 spiro atoms. The summed E-state index contributed by atoms with van der Waals surface area (Å²) >= 11 is 9.56. The van der Waals surface area contributed by atoms with Crippen LogP contribution in [0.1, 0.15) is 11.1 Å². The minimum atomic E-state index is 0.313. The van der Waals surface area contributed by atoms with Gasteiger partial charge in [0.25, 0.3) is 0 Å². The molecule has 3 heteroatoms. The van der Waals surface area contributed by atoms with E-state index in [-0.39, 0.29) is 0 Å². The molecule has 0 saturated carbocycles. The van der Waals surface area contributed by atoms with E-state index < -0.39 is 0 Å². The molecule has 1 nitrogen and oxygen atoms in total. The van der Waals surface area contributed by atoms with Gasteiger partial charge >= 0.3 is 0 Å². The second-order valence-electron chi connectivity index (χ2n) is 4.73. The number of hydrogen-bond donors (Lipinski definition) is 1. The van der Waals surface area contributed by atoms with Crippen molar-refractivity contribution in [1.82, 2.24) is 0 Å². The third kappa shape index (κ3) is 4.55. The summed E-state index contributed by atoms with van der Waals surface area (Å²) in [6.45, 7) is 0. The minimum Gasteiger partial charge on any atom is -0.508 e. The molecule has 0 aliphatic rings. The fraction of sp³-hybridized carbons (Fsp3) is 0.250. The van der Waals surface area contributed by atoms with Gasteiger partial charge in [0.2, 0.25) is 0 Å². The van der Waals surface area contributed by atoms with Crippen LogP contribution in [0, 0.1) is 5.92 Å². The highest BCUT2D eigenvalue weighted by Gasteiger charge is 2.10. The lowest BCUT2D eigenvalue weighted by atomic mass is 9.94. The van der Waals surface area contributed by atoms with E-state index in [9.17, 15) is 5.11 Å². The fourth-order valence-corrected chi connectivity index (χ4v) is 2.86. The van der Waals surface area contributed by atoms with Crippen molar-refractivity contribution in [1.29, 1.82) is 0 Å². The molecule has 0 fully saturated rings. The molecule has 2 aromatic rings. The summed E-state index contributed by atoms with van der Waals surface area (Å²) in [7, 11) is 0. The van der Waals surface area contributed by atoms with Gasteiger partial charge in [-0.2, -0.15) is 0 Å². The summed E-state index contributed by atoms with van der Waals surface area (Å²) in [5.74, 6) is 1.30. The lowest BCUT2D eigenvalue weighted by Gasteiger charge is -2.14. The lowest BCUT2D eigenvalue weighted by molar-refractivity contribution is 0.473.